The maximum Gasteiger partial charge on any atom is 0.266 e. The first-order valence-electron chi connectivity index (χ1n) is 11.1. The molecular formula is C26H26N4O5S. The van der Waals surface area contributed by atoms with Crippen LogP contribution >= 0.6 is 11.3 Å². The molecule has 186 valence electrons. The topological polar surface area (TPSA) is 112 Å². The molecule has 10 heteroatoms. The number of nitrogens with one attached hydrogen (secondary N) is 2. The molecule has 4 aromatic rings. The predicted octanol–water partition coefficient (Wildman–Crippen LogP) is 4.29. The number of benzene rings is 2. The molecule has 0 saturated heterocycles. The van der Waals surface area contributed by atoms with E-state index in [1.54, 1.807) is 25.1 Å². The molecule has 0 saturated carbocycles. The standard InChI is InChI=1S/C26H26N4O5S/c1-14-6-8-18(15(2)10-14)29-24(32)23-16(3)22-25(36-23)27-13-30(26(22)33)12-21(31)28-17-7-9-19(34-4)20(11-17)35-5/h6-11,13H,12H2,1-5H3,(H,28,31)(H,29,32). The Morgan fingerprint density at radius 2 is 1.75 bits per heavy atom. The van der Waals surface area contributed by atoms with Gasteiger partial charge in [-0.15, -0.1) is 11.3 Å². The van der Waals surface area contributed by atoms with E-state index in [2.05, 4.69) is 15.6 Å². The number of fused-ring (bicyclic) bond motifs is 1. The Morgan fingerprint density at radius 1 is 1.00 bits per heavy atom. The summed E-state index contributed by atoms with van der Waals surface area (Å²) in [6.07, 6.45) is 1.32. The lowest BCUT2D eigenvalue weighted by molar-refractivity contribution is -0.116. The largest absolute Gasteiger partial charge is 0.493 e. The number of carbonyl (C=O) groups is 2. The smallest absolute Gasteiger partial charge is 0.266 e. The number of methoxy groups -OCH3 is 2. The van der Waals surface area contributed by atoms with Gasteiger partial charge in [-0.2, -0.15) is 0 Å². The third-order valence-corrected chi connectivity index (χ3v) is 6.93. The minimum absolute atomic E-state index is 0.241. The molecule has 2 amide bonds. The fraction of sp³-hybridized carbons (Fsp3) is 0.231. The maximum absolute atomic E-state index is 13.2. The SMILES string of the molecule is COc1ccc(NC(=O)Cn2cnc3sc(C(=O)Nc4ccc(C)cc4C)c(C)c3c2=O)cc1OC. The van der Waals surface area contributed by atoms with Crippen LogP contribution in [0.5, 0.6) is 11.5 Å². The van der Waals surface area contributed by atoms with Crippen LogP contribution < -0.4 is 25.7 Å². The first-order valence-corrected chi connectivity index (χ1v) is 11.9. The molecule has 2 aromatic carbocycles. The zero-order valence-corrected chi connectivity index (χ0v) is 21.4. The van der Waals surface area contributed by atoms with Crippen LogP contribution in [0.2, 0.25) is 0 Å². The molecule has 0 radical (unpaired) electrons. The highest BCUT2D eigenvalue weighted by Crippen LogP contribution is 2.30. The van der Waals surface area contributed by atoms with Crippen molar-refractivity contribution in [2.75, 3.05) is 24.9 Å². The summed E-state index contributed by atoms with van der Waals surface area (Å²) in [7, 11) is 3.03. The van der Waals surface area contributed by atoms with Crippen LogP contribution in [0.3, 0.4) is 0 Å². The van der Waals surface area contributed by atoms with Gasteiger partial charge in [0.05, 0.1) is 30.8 Å². The van der Waals surface area contributed by atoms with Crippen molar-refractivity contribution in [3.63, 3.8) is 0 Å². The van der Waals surface area contributed by atoms with E-state index in [1.165, 1.54) is 25.1 Å². The van der Waals surface area contributed by atoms with Gasteiger partial charge in [-0.05, 0) is 50.1 Å². The van der Waals surface area contributed by atoms with Crippen LogP contribution in [0.4, 0.5) is 11.4 Å². The van der Waals surface area contributed by atoms with Gasteiger partial charge < -0.3 is 20.1 Å². The molecule has 36 heavy (non-hydrogen) atoms. The molecule has 0 aliphatic rings. The van der Waals surface area contributed by atoms with E-state index >= 15 is 0 Å². The van der Waals surface area contributed by atoms with Crippen LogP contribution in [0, 0.1) is 20.8 Å². The second kappa shape index (κ2) is 10.2. The molecule has 0 unspecified atom stereocenters. The second-order valence-corrected chi connectivity index (χ2v) is 9.30. The van der Waals surface area contributed by atoms with Crippen molar-refractivity contribution in [3.8, 4) is 11.5 Å². The minimum atomic E-state index is -0.411. The highest BCUT2D eigenvalue weighted by molar-refractivity contribution is 7.20. The third kappa shape index (κ3) is 4.94. The number of amides is 2. The number of ether oxygens (including phenoxy) is 2. The van der Waals surface area contributed by atoms with Gasteiger partial charge in [-0.3, -0.25) is 19.0 Å². The minimum Gasteiger partial charge on any atom is -0.493 e. The number of hydrogen-bond acceptors (Lipinski definition) is 7. The summed E-state index contributed by atoms with van der Waals surface area (Å²) in [5.41, 5.74) is 3.40. The first-order chi connectivity index (χ1) is 17.2. The van der Waals surface area contributed by atoms with Crippen LogP contribution in [0.15, 0.2) is 47.5 Å². The first kappa shape index (κ1) is 24.9. The van der Waals surface area contributed by atoms with Crippen molar-refractivity contribution in [1.29, 1.82) is 0 Å². The molecule has 4 rings (SSSR count). The molecule has 2 N–H and O–H groups in total. The zero-order chi connectivity index (χ0) is 26.0. The van der Waals surface area contributed by atoms with Crippen molar-refractivity contribution >= 4 is 44.7 Å². The number of thiophene rings is 1. The molecule has 2 aromatic heterocycles. The monoisotopic (exact) mass is 506 g/mol. The van der Waals surface area contributed by atoms with Gasteiger partial charge in [-0.1, -0.05) is 17.7 Å². The van der Waals surface area contributed by atoms with Gasteiger partial charge in [0.1, 0.15) is 11.4 Å². The Labute approximate surface area is 211 Å². The van der Waals surface area contributed by atoms with Crippen molar-refractivity contribution < 1.29 is 19.1 Å². The van der Waals surface area contributed by atoms with Gasteiger partial charge in [-0.25, -0.2) is 4.98 Å². The average molecular weight is 507 g/mol. The number of nitrogens with zero attached hydrogens (tertiary/aromatic N) is 2. The van der Waals surface area contributed by atoms with Gasteiger partial charge in [0.2, 0.25) is 5.91 Å². The van der Waals surface area contributed by atoms with Crippen molar-refractivity contribution in [2.45, 2.75) is 27.3 Å². The Hall–Kier alpha value is -4.18. The summed E-state index contributed by atoms with van der Waals surface area (Å²) in [5, 5.41) is 5.99. The fourth-order valence-electron chi connectivity index (χ4n) is 3.89. The Balaban J connectivity index is 1.56. The molecule has 0 aliphatic carbocycles. The van der Waals surface area contributed by atoms with E-state index in [0.717, 1.165) is 22.5 Å². The molecule has 0 fully saturated rings. The average Bonchev–Trinajstić information content (AvgIpc) is 3.19. The van der Waals surface area contributed by atoms with Gasteiger partial charge in [0.25, 0.3) is 11.5 Å². The van der Waals surface area contributed by atoms with Crippen molar-refractivity contribution in [2.24, 2.45) is 0 Å². The number of carbonyl (C=O) groups excluding carboxylic acids is 2. The Morgan fingerprint density at radius 3 is 2.44 bits per heavy atom. The molecule has 0 atom stereocenters. The van der Waals surface area contributed by atoms with Gasteiger partial charge in [0.15, 0.2) is 11.5 Å². The van der Waals surface area contributed by atoms with E-state index in [9.17, 15) is 14.4 Å². The molecule has 0 aliphatic heterocycles. The Bertz CT molecular complexity index is 1540. The number of aromatic nitrogens is 2. The fourth-order valence-corrected chi connectivity index (χ4v) is 4.93. The normalized spacial score (nSPS) is 10.8. The summed E-state index contributed by atoms with van der Waals surface area (Å²) in [6.45, 7) is 5.38. The van der Waals surface area contributed by atoms with Crippen LogP contribution in [-0.4, -0.2) is 35.6 Å². The van der Waals surface area contributed by atoms with E-state index in [4.69, 9.17) is 9.47 Å². The highest BCUT2D eigenvalue weighted by Gasteiger charge is 2.21. The molecule has 0 spiro atoms. The summed E-state index contributed by atoms with van der Waals surface area (Å²) < 4.78 is 11.7. The summed E-state index contributed by atoms with van der Waals surface area (Å²) >= 11 is 1.15. The third-order valence-electron chi connectivity index (χ3n) is 5.73. The molecule has 0 bridgehead atoms. The van der Waals surface area contributed by atoms with Crippen molar-refractivity contribution in [3.05, 3.63) is 74.6 Å². The van der Waals surface area contributed by atoms with E-state index in [1.807, 2.05) is 32.0 Å². The van der Waals surface area contributed by atoms with Crippen LogP contribution in [0.25, 0.3) is 10.2 Å². The van der Waals surface area contributed by atoms with E-state index in [-0.39, 0.29) is 18.0 Å². The Kier molecular flexibility index (Phi) is 7.07. The molecule has 2 heterocycles. The summed E-state index contributed by atoms with van der Waals surface area (Å²) in [5.74, 6) is 0.286. The highest BCUT2D eigenvalue weighted by atomic mass is 32.1. The lowest BCUT2D eigenvalue weighted by atomic mass is 10.1. The summed E-state index contributed by atoms with van der Waals surface area (Å²) in [6, 6.07) is 10.7. The second-order valence-electron chi connectivity index (χ2n) is 8.30. The molecule has 9 nitrogen and oxygen atoms in total. The zero-order valence-electron chi connectivity index (χ0n) is 20.6. The lowest BCUT2D eigenvalue weighted by Crippen LogP contribution is -2.28. The van der Waals surface area contributed by atoms with Gasteiger partial charge >= 0.3 is 0 Å². The van der Waals surface area contributed by atoms with E-state index < -0.39 is 5.91 Å². The quantitative estimate of drug-likeness (QED) is 0.387. The number of rotatable bonds is 7. The lowest BCUT2D eigenvalue weighted by Gasteiger charge is -2.11. The predicted molar refractivity (Wildman–Crippen MR) is 141 cm³/mol. The van der Waals surface area contributed by atoms with Crippen LogP contribution in [-0.2, 0) is 11.3 Å². The maximum atomic E-state index is 13.2. The van der Waals surface area contributed by atoms with Crippen LogP contribution in [0.1, 0.15) is 26.4 Å². The molecular weight excluding hydrogens is 480 g/mol. The van der Waals surface area contributed by atoms with Gasteiger partial charge in [0, 0.05) is 17.4 Å². The van der Waals surface area contributed by atoms with E-state index in [0.29, 0.717) is 43.5 Å². The number of hydrogen-bond donors (Lipinski definition) is 2. The summed E-state index contributed by atoms with van der Waals surface area (Å²) in [4.78, 5) is 44.0. The number of anilines is 2. The van der Waals surface area contributed by atoms with Crippen molar-refractivity contribution in [1.82, 2.24) is 9.55 Å². The number of aryl methyl sites for hydroxylation is 3.